The Bertz CT molecular complexity index is 915. The van der Waals surface area contributed by atoms with Crippen LogP contribution in [0.5, 0.6) is 11.5 Å². The van der Waals surface area contributed by atoms with Crippen LogP contribution in [-0.4, -0.2) is 61.1 Å². The first-order valence-corrected chi connectivity index (χ1v) is 13.8. The van der Waals surface area contributed by atoms with E-state index in [0.29, 0.717) is 47.4 Å². The molecule has 3 heterocycles. The standard InChI is InChI=1S/C28H41N3O4/c1-3-7-19-17-31-23(21-10-6-15-29-26(19)21)13-12-22(28(31)33)30-27(32)18-11-14-24(34-2)25(16-18)35-20-8-4-5-9-20/h11,14,16,19-23,26,29H,3-10,12-13,15,17H2,1-2H3,(H,30,32)/t19-,21+,22?,23+,26-/m0/s1. The zero-order chi connectivity index (χ0) is 24.4. The fourth-order valence-corrected chi connectivity index (χ4v) is 7.02. The van der Waals surface area contributed by atoms with Gasteiger partial charge in [-0.3, -0.25) is 9.59 Å². The van der Waals surface area contributed by atoms with Gasteiger partial charge in [-0.1, -0.05) is 13.3 Å². The third-order valence-electron chi connectivity index (χ3n) is 8.71. The molecule has 1 aliphatic carbocycles. The van der Waals surface area contributed by atoms with E-state index in [-0.39, 0.29) is 17.9 Å². The Balaban J connectivity index is 1.28. The second-order valence-corrected chi connectivity index (χ2v) is 10.9. The molecule has 3 saturated heterocycles. The van der Waals surface area contributed by atoms with Crippen LogP contribution in [0.15, 0.2) is 18.2 Å². The summed E-state index contributed by atoms with van der Waals surface area (Å²) in [6, 6.07) is 5.67. The maximum absolute atomic E-state index is 13.6. The molecule has 35 heavy (non-hydrogen) atoms. The van der Waals surface area contributed by atoms with Crippen LogP contribution in [0.4, 0.5) is 0 Å². The molecule has 5 rings (SSSR count). The maximum atomic E-state index is 13.6. The average Bonchev–Trinajstić information content (AvgIpc) is 3.39. The van der Waals surface area contributed by atoms with Gasteiger partial charge in [0, 0.05) is 24.2 Å². The number of carbonyl (C=O) groups is 2. The van der Waals surface area contributed by atoms with Crippen molar-refractivity contribution in [1.82, 2.24) is 15.5 Å². The lowest BCUT2D eigenvalue weighted by Gasteiger charge is -2.54. The minimum atomic E-state index is -0.463. The second-order valence-electron chi connectivity index (χ2n) is 10.9. The van der Waals surface area contributed by atoms with Crippen molar-refractivity contribution < 1.29 is 19.1 Å². The van der Waals surface area contributed by atoms with Crippen molar-refractivity contribution in [3.8, 4) is 11.5 Å². The smallest absolute Gasteiger partial charge is 0.252 e. The molecule has 4 fully saturated rings. The molecule has 1 aromatic rings. The van der Waals surface area contributed by atoms with E-state index in [1.807, 2.05) is 0 Å². The quantitative estimate of drug-likeness (QED) is 0.615. The van der Waals surface area contributed by atoms with Crippen LogP contribution < -0.4 is 20.1 Å². The van der Waals surface area contributed by atoms with E-state index in [9.17, 15) is 9.59 Å². The molecule has 0 bridgehead atoms. The third kappa shape index (κ3) is 5.02. The first-order valence-electron chi connectivity index (χ1n) is 13.8. The molecule has 0 spiro atoms. The molecule has 0 aromatic heterocycles. The van der Waals surface area contributed by atoms with Crippen LogP contribution >= 0.6 is 0 Å². The topological polar surface area (TPSA) is 79.9 Å². The van der Waals surface area contributed by atoms with E-state index in [1.54, 1.807) is 25.3 Å². The molecule has 5 atom stereocenters. The zero-order valence-electron chi connectivity index (χ0n) is 21.3. The van der Waals surface area contributed by atoms with Crippen molar-refractivity contribution in [1.29, 1.82) is 0 Å². The molecule has 7 nitrogen and oxygen atoms in total. The highest BCUT2D eigenvalue weighted by Gasteiger charge is 2.49. The Labute approximate surface area is 209 Å². The summed E-state index contributed by atoms with van der Waals surface area (Å²) >= 11 is 0. The van der Waals surface area contributed by atoms with Gasteiger partial charge in [-0.25, -0.2) is 0 Å². The first-order chi connectivity index (χ1) is 17.1. The number of carbonyl (C=O) groups excluding carboxylic acids is 2. The molecule has 3 aliphatic heterocycles. The van der Waals surface area contributed by atoms with Crippen LogP contribution in [0, 0.1) is 11.8 Å². The van der Waals surface area contributed by atoms with Crippen LogP contribution in [0.2, 0.25) is 0 Å². The van der Waals surface area contributed by atoms with E-state index in [1.165, 1.54) is 25.7 Å². The van der Waals surface area contributed by atoms with Gasteiger partial charge >= 0.3 is 0 Å². The Morgan fingerprint density at radius 1 is 1.11 bits per heavy atom. The minimum Gasteiger partial charge on any atom is -0.493 e. The van der Waals surface area contributed by atoms with Gasteiger partial charge in [0.05, 0.1) is 13.2 Å². The average molecular weight is 484 g/mol. The van der Waals surface area contributed by atoms with Gasteiger partial charge in [-0.15, -0.1) is 0 Å². The maximum Gasteiger partial charge on any atom is 0.252 e. The summed E-state index contributed by atoms with van der Waals surface area (Å²) in [6.45, 7) is 4.12. The minimum absolute atomic E-state index is 0.0932. The molecule has 192 valence electrons. The van der Waals surface area contributed by atoms with Gasteiger partial charge in [0.1, 0.15) is 6.04 Å². The summed E-state index contributed by atoms with van der Waals surface area (Å²) in [5.74, 6) is 2.14. The van der Waals surface area contributed by atoms with Crippen LogP contribution in [0.3, 0.4) is 0 Å². The number of piperidine rings is 3. The number of nitrogens with one attached hydrogen (secondary N) is 2. The molecule has 2 amide bonds. The Morgan fingerprint density at radius 2 is 1.94 bits per heavy atom. The molecule has 1 unspecified atom stereocenters. The lowest BCUT2D eigenvalue weighted by Crippen LogP contribution is -2.67. The molecule has 1 aromatic carbocycles. The van der Waals surface area contributed by atoms with E-state index in [0.717, 1.165) is 45.2 Å². The monoisotopic (exact) mass is 483 g/mol. The fraction of sp³-hybridized carbons (Fsp3) is 0.714. The van der Waals surface area contributed by atoms with Crippen LogP contribution in [0.1, 0.15) is 81.5 Å². The predicted molar refractivity (Wildman–Crippen MR) is 135 cm³/mol. The second kappa shape index (κ2) is 10.8. The summed E-state index contributed by atoms with van der Waals surface area (Å²) in [7, 11) is 1.62. The summed E-state index contributed by atoms with van der Waals surface area (Å²) in [4.78, 5) is 28.9. The number of methoxy groups -OCH3 is 1. The Kier molecular flexibility index (Phi) is 7.51. The summed E-state index contributed by atoms with van der Waals surface area (Å²) < 4.78 is 11.6. The Hall–Kier alpha value is -2.28. The van der Waals surface area contributed by atoms with Crippen LogP contribution in [-0.2, 0) is 4.79 Å². The lowest BCUT2D eigenvalue weighted by atomic mass is 9.70. The number of nitrogens with zero attached hydrogens (tertiary/aromatic N) is 1. The van der Waals surface area contributed by atoms with Crippen molar-refractivity contribution in [3.63, 3.8) is 0 Å². The highest BCUT2D eigenvalue weighted by atomic mass is 16.5. The zero-order valence-corrected chi connectivity index (χ0v) is 21.3. The SMILES string of the molecule is CCC[C@H]1CN2C(=O)C(NC(=O)c3ccc(OC)c(OC4CCCC4)c3)CC[C@@H]2[C@H]2CCCN[C@@H]12. The van der Waals surface area contributed by atoms with E-state index < -0.39 is 6.04 Å². The highest BCUT2D eigenvalue weighted by Crippen LogP contribution is 2.40. The van der Waals surface area contributed by atoms with Gasteiger partial charge < -0.3 is 25.0 Å². The summed E-state index contributed by atoms with van der Waals surface area (Å²) in [5, 5.41) is 6.83. The molecule has 2 N–H and O–H groups in total. The molecular formula is C28H41N3O4. The van der Waals surface area contributed by atoms with Crippen molar-refractivity contribution in [2.24, 2.45) is 11.8 Å². The van der Waals surface area contributed by atoms with Gasteiger partial charge in [0.2, 0.25) is 5.91 Å². The summed E-state index contributed by atoms with van der Waals surface area (Å²) in [5.41, 5.74) is 0.507. The fourth-order valence-electron chi connectivity index (χ4n) is 7.02. The van der Waals surface area contributed by atoms with Crippen molar-refractivity contribution in [2.75, 3.05) is 20.2 Å². The molecular weight excluding hydrogens is 442 g/mol. The van der Waals surface area contributed by atoms with Crippen molar-refractivity contribution in [2.45, 2.75) is 95.4 Å². The number of benzene rings is 1. The van der Waals surface area contributed by atoms with Crippen LogP contribution in [0.25, 0.3) is 0 Å². The molecule has 1 saturated carbocycles. The normalized spacial score (nSPS) is 31.0. The van der Waals surface area contributed by atoms with Gasteiger partial charge in [-0.05, 0) is 94.4 Å². The first kappa shape index (κ1) is 24.4. The number of rotatable bonds is 7. The van der Waals surface area contributed by atoms with Gasteiger partial charge in [0.15, 0.2) is 11.5 Å². The highest BCUT2D eigenvalue weighted by molar-refractivity contribution is 5.98. The van der Waals surface area contributed by atoms with E-state index in [4.69, 9.17) is 9.47 Å². The summed E-state index contributed by atoms with van der Waals surface area (Å²) in [6.07, 6.45) is 10.9. The van der Waals surface area contributed by atoms with E-state index in [2.05, 4.69) is 22.5 Å². The van der Waals surface area contributed by atoms with Gasteiger partial charge in [0.25, 0.3) is 5.91 Å². The molecule has 7 heteroatoms. The molecule has 0 radical (unpaired) electrons. The van der Waals surface area contributed by atoms with E-state index >= 15 is 0 Å². The predicted octanol–water partition coefficient (Wildman–Crippen LogP) is 3.90. The number of amides is 2. The lowest BCUT2D eigenvalue weighted by molar-refractivity contribution is -0.147. The molecule has 4 aliphatic rings. The number of ether oxygens (including phenoxy) is 2. The number of hydrogen-bond donors (Lipinski definition) is 2. The largest absolute Gasteiger partial charge is 0.493 e. The van der Waals surface area contributed by atoms with Gasteiger partial charge in [-0.2, -0.15) is 0 Å². The van der Waals surface area contributed by atoms with Crippen molar-refractivity contribution in [3.05, 3.63) is 23.8 Å². The number of hydrogen-bond acceptors (Lipinski definition) is 5. The Morgan fingerprint density at radius 3 is 2.71 bits per heavy atom. The van der Waals surface area contributed by atoms with Crippen molar-refractivity contribution >= 4 is 11.8 Å². The number of fused-ring (bicyclic) bond motifs is 3. The third-order valence-corrected chi connectivity index (χ3v) is 8.71.